The number of carbonyl (C=O) groups excluding carboxylic acids is 1. The molecule has 0 radical (unpaired) electrons. The summed E-state index contributed by atoms with van der Waals surface area (Å²) in [5.74, 6) is -0.233. The highest BCUT2D eigenvalue weighted by atomic mass is 16.5. The molecule has 1 N–H and O–H groups in total. The van der Waals surface area contributed by atoms with Gasteiger partial charge in [-0.25, -0.2) is 0 Å². The first-order valence-electron chi connectivity index (χ1n) is 6.54. The fourth-order valence-corrected chi connectivity index (χ4v) is 2.69. The van der Waals surface area contributed by atoms with Crippen molar-refractivity contribution in [2.45, 2.75) is 65.9 Å². The summed E-state index contributed by atoms with van der Waals surface area (Å²) in [7, 11) is 0. The first kappa shape index (κ1) is 14.5. The predicted octanol–water partition coefficient (Wildman–Crippen LogP) is 2.91. The summed E-state index contributed by atoms with van der Waals surface area (Å²) < 4.78 is 5.18. The van der Waals surface area contributed by atoms with Gasteiger partial charge in [-0.05, 0) is 51.9 Å². The molecule has 0 aliphatic heterocycles. The van der Waals surface area contributed by atoms with E-state index in [2.05, 4.69) is 13.8 Å². The Bertz CT molecular complexity index is 276. The van der Waals surface area contributed by atoms with E-state index in [9.17, 15) is 9.90 Å². The van der Waals surface area contributed by atoms with E-state index < -0.39 is 11.0 Å². The molecule has 1 aliphatic carbocycles. The molecule has 3 nitrogen and oxygen atoms in total. The zero-order valence-corrected chi connectivity index (χ0v) is 11.8. The number of aliphatic hydroxyl groups is 1. The minimum atomic E-state index is -1.02. The van der Waals surface area contributed by atoms with Crippen molar-refractivity contribution in [2.75, 3.05) is 6.61 Å². The fraction of sp³-hybridized carbons (Fsp3) is 0.929. The Balaban J connectivity index is 2.95. The minimum absolute atomic E-state index is 0.233. The number of carbonyl (C=O) groups is 1. The van der Waals surface area contributed by atoms with Gasteiger partial charge >= 0.3 is 5.97 Å². The van der Waals surface area contributed by atoms with Crippen molar-refractivity contribution in [2.24, 2.45) is 10.8 Å². The predicted molar refractivity (Wildman–Crippen MR) is 67.6 cm³/mol. The molecule has 1 aliphatic rings. The van der Waals surface area contributed by atoms with Crippen molar-refractivity contribution in [3.8, 4) is 0 Å². The summed E-state index contributed by atoms with van der Waals surface area (Å²) in [5, 5.41) is 10.4. The quantitative estimate of drug-likeness (QED) is 0.774. The van der Waals surface area contributed by atoms with Crippen molar-refractivity contribution in [3.05, 3.63) is 0 Å². The van der Waals surface area contributed by atoms with Crippen molar-refractivity contribution in [1.29, 1.82) is 0 Å². The molecule has 3 heteroatoms. The Morgan fingerprint density at radius 1 is 1.24 bits per heavy atom. The van der Waals surface area contributed by atoms with Crippen LogP contribution in [0, 0.1) is 10.8 Å². The molecule has 1 rings (SSSR count). The van der Waals surface area contributed by atoms with Crippen LogP contribution in [-0.4, -0.2) is 23.3 Å². The van der Waals surface area contributed by atoms with E-state index in [1.54, 1.807) is 13.8 Å². The maximum atomic E-state index is 12.2. The average Bonchev–Trinajstić information content (AvgIpc) is 2.16. The Morgan fingerprint density at radius 3 is 2.06 bits per heavy atom. The van der Waals surface area contributed by atoms with Gasteiger partial charge in [0.15, 0.2) is 0 Å². The average molecular weight is 242 g/mol. The molecule has 0 aromatic heterocycles. The van der Waals surface area contributed by atoms with Crippen LogP contribution in [0.4, 0.5) is 0 Å². The lowest BCUT2D eigenvalue weighted by Gasteiger charge is -2.47. The van der Waals surface area contributed by atoms with Crippen LogP contribution in [0.1, 0.15) is 60.3 Å². The number of esters is 1. The van der Waals surface area contributed by atoms with Gasteiger partial charge in [0.1, 0.15) is 0 Å². The molecule has 100 valence electrons. The van der Waals surface area contributed by atoms with Crippen molar-refractivity contribution >= 4 is 5.97 Å². The summed E-state index contributed by atoms with van der Waals surface area (Å²) in [6.45, 7) is 10.1. The number of rotatable bonds is 3. The Kier molecular flexibility index (Phi) is 3.92. The van der Waals surface area contributed by atoms with Crippen LogP contribution < -0.4 is 0 Å². The van der Waals surface area contributed by atoms with Gasteiger partial charge in [0.05, 0.1) is 17.6 Å². The molecule has 0 heterocycles. The highest BCUT2D eigenvalue weighted by Gasteiger charge is 2.54. The van der Waals surface area contributed by atoms with E-state index in [0.717, 1.165) is 12.8 Å². The van der Waals surface area contributed by atoms with Crippen LogP contribution in [0.25, 0.3) is 0 Å². The first-order chi connectivity index (χ1) is 7.65. The smallest absolute Gasteiger partial charge is 0.314 e. The molecule has 0 amide bonds. The largest absolute Gasteiger partial charge is 0.465 e. The summed E-state index contributed by atoms with van der Waals surface area (Å²) in [6, 6.07) is 0. The third-order valence-corrected chi connectivity index (χ3v) is 4.29. The number of ether oxygens (including phenoxy) is 1. The highest BCUT2D eigenvalue weighted by Crippen LogP contribution is 2.51. The molecule has 0 spiro atoms. The third-order valence-electron chi connectivity index (χ3n) is 4.29. The van der Waals surface area contributed by atoms with Gasteiger partial charge < -0.3 is 9.84 Å². The molecular weight excluding hydrogens is 216 g/mol. The summed E-state index contributed by atoms with van der Waals surface area (Å²) in [5.41, 5.74) is -1.48. The van der Waals surface area contributed by atoms with Gasteiger partial charge in [-0.3, -0.25) is 4.79 Å². The van der Waals surface area contributed by atoms with Gasteiger partial charge in [-0.2, -0.15) is 0 Å². The Morgan fingerprint density at radius 2 is 1.71 bits per heavy atom. The first-order valence-corrected chi connectivity index (χ1v) is 6.54. The zero-order valence-electron chi connectivity index (χ0n) is 11.8. The van der Waals surface area contributed by atoms with Crippen LogP contribution in [0.5, 0.6) is 0 Å². The highest BCUT2D eigenvalue weighted by molar-refractivity contribution is 5.78. The molecule has 0 bridgehead atoms. The second-order valence-corrected chi connectivity index (χ2v) is 6.53. The molecule has 17 heavy (non-hydrogen) atoms. The summed E-state index contributed by atoms with van der Waals surface area (Å²) in [4.78, 5) is 12.2. The van der Waals surface area contributed by atoms with Crippen LogP contribution in [0.2, 0.25) is 0 Å². The van der Waals surface area contributed by atoms with E-state index in [1.165, 1.54) is 0 Å². The monoisotopic (exact) mass is 242 g/mol. The van der Waals surface area contributed by atoms with Gasteiger partial charge in [0.25, 0.3) is 0 Å². The lowest BCUT2D eigenvalue weighted by atomic mass is 9.59. The zero-order chi connectivity index (χ0) is 13.3. The topological polar surface area (TPSA) is 46.5 Å². The van der Waals surface area contributed by atoms with Crippen molar-refractivity contribution in [3.63, 3.8) is 0 Å². The van der Waals surface area contributed by atoms with Gasteiger partial charge in [-0.1, -0.05) is 13.8 Å². The van der Waals surface area contributed by atoms with Gasteiger partial charge in [0, 0.05) is 0 Å². The number of hydrogen-bond acceptors (Lipinski definition) is 3. The molecular formula is C14H26O3. The van der Waals surface area contributed by atoms with E-state index in [1.807, 2.05) is 6.92 Å². The molecule has 0 unspecified atom stereocenters. The van der Waals surface area contributed by atoms with Crippen LogP contribution in [0.15, 0.2) is 0 Å². The lowest BCUT2D eigenvalue weighted by Crippen LogP contribution is -2.53. The SMILES string of the molecule is CCOC(=O)C1(C(C)(C)O)CCC(C)(C)CC1. The van der Waals surface area contributed by atoms with Gasteiger partial charge in [0.2, 0.25) is 0 Å². The van der Waals surface area contributed by atoms with E-state index >= 15 is 0 Å². The van der Waals surface area contributed by atoms with Crippen LogP contribution >= 0.6 is 0 Å². The van der Waals surface area contributed by atoms with E-state index in [4.69, 9.17) is 4.74 Å². The molecule has 0 atom stereocenters. The second-order valence-electron chi connectivity index (χ2n) is 6.53. The standard InChI is InChI=1S/C14H26O3/c1-6-17-11(15)14(13(4,5)16)9-7-12(2,3)8-10-14/h16H,6-10H2,1-5H3. The minimum Gasteiger partial charge on any atom is -0.465 e. The molecule has 1 fully saturated rings. The molecule has 0 aromatic carbocycles. The summed E-state index contributed by atoms with van der Waals surface area (Å²) in [6.07, 6.45) is 3.33. The second kappa shape index (κ2) is 4.60. The molecule has 1 saturated carbocycles. The van der Waals surface area contributed by atoms with E-state index in [-0.39, 0.29) is 11.4 Å². The van der Waals surface area contributed by atoms with Crippen molar-refractivity contribution in [1.82, 2.24) is 0 Å². The van der Waals surface area contributed by atoms with Crippen LogP contribution in [-0.2, 0) is 9.53 Å². The summed E-state index contributed by atoms with van der Waals surface area (Å²) >= 11 is 0. The third kappa shape index (κ3) is 2.82. The maximum Gasteiger partial charge on any atom is 0.314 e. The normalized spacial score (nSPS) is 23.2. The Labute approximate surface area is 105 Å². The van der Waals surface area contributed by atoms with Crippen LogP contribution in [0.3, 0.4) is 0 Å². The maximum absolute atomic E-state index is 12.2. The Hall–Kier alpha value is -0.570. The molecule has 0 saturated heterocycles. The fourth-order valence-electron chi connectivity index (χ4n) is 2.69. The van der Waals surface area contributed by atoms with E-state index in [0.29, 0.717) is 19.4 Å². The van der Waals surface area contributed by atoms with Crippen molar-refractivity contribution < 1.29 is 14.6 Å². The lowest BCUT2D eigenvalue weighted by molar-refractivity contribution is -0.179. The van der Waals surface area contributed by atoms with Gasteiger partial charge in [-0.15, -0.1) is 0 Å². The molecule has 0 aromatic rings. The number of hydrogen-bond donors (Lipinski definition) is 1.